The highest BCUT2D eigenvalue weighted by atomic mass is 16.2. The molecule has 1 N–H and O–H groups in total. The molecule has 1 amide bonds. The summed E-state index contributed by atoms with van der Waals surface area (Å²) in [5, 5.41) is 3.83. The molecule has 3 nitrogen and oxygen atoms in total. The highest BCUT2D eigenvalue weighted by Crippen LogP contribution is 2.15. The van der Waals surface area contributed by atoms with Crippen molar-refractivity contribution in [3.63, 3.8) is 0 Å². The van der Waals surface area contributed by atoms with Gasteiger partial charge in [0, 0.05) is 32.6 Å². The van der Waals surface area contributed by atoms with Crippen molar-refractivity contribution in [2.75, 3.05) is 19.6 Å². The summed E-state index contributed by atoms with van der Waals surface area (Å²) < 4.78 is 0. The molecular formula is C43H80N2O. The molecule has 0 bridgehead atoms. The third kappa shape index (κ3) is 33.7. The topological polar surface area (TPSA) is 32.3 Å². The van der Waals surface area contributed by atoms with E-state index in [2.05, 4.69) is 74.7 Å². The van der Waals surface area contributed by atoms with Crippen LogP contribution in [0.5, 0.6) is 0 Å². The summed E-state index contributed by atoms with van der Waals surface area (Å²) in [7, 11) is 0. The summed E-state index contributed by atoms with van der Waals surface area (Å²) in [6.07, 6.45) is 52.8. The van der Waals surface area contributed by atoms with Crippen LogP contribution in [0, 0.1) is 0 Å². The lowest BCUT2D eigenvalue weighted by Crippen LogP contribution is -2.39. The Morgan fingerprint density at radius 2 is 0.891 bits per heavy atom. The molecular weight excluding hydrogens is 560 g/mol. The number of hydrogen-bond acceptors (Lipinski definition) is 2. The van der Waals surface area contributed by atoms with Crippen LogP contribution < -0.4 is 5.32 Å². The fourth-order valence-corrected chi connectivity index (χ4v) is 6.05. The molecule has 46 heavy (non-hydrogen) atoms. The quantitative estimate of drug-likeness (QED) is 0.0552. The van der Waals surface area contributed by atoms with E-state index in [0.717, 1.165) is 32.5 Å². The lowest BCUT2D eigenvalue weighted by Gasteiger charge is -2.23. The number of rotatable bonds is 35. The number of likely N-dealkylation sites (N-methyl/N-ethyl adjacent to an activating group) is 1. The first-order valence-electron chi connectivity index (χ1n) is 20.2. The van der Waals surface area contributed by atoms with E-state index in [1.165, 1.54) is 154 Å². The number of hydrogen-bond donors (Lipinski definition) is 1. The van der Waals surface area contributed by atoms with Gasteiger partial charge in [-0.25, -0.2) is 0 Å². The Bertz CT molecular complexity index is 689. The van der Waals surface area contributed by atoms with Gasteiger partial charge in [-0.3, -0.25) is 4.79 Å². The summed E-state index contributed by atoms with van der Waals surface area (Å²) >= 11 is 0. The summed E-state index contributed by atoms with van der Waals surface area (Å²) in [6, 6.07) is 0.599. The number of nitrogens with zero attached hydrogens (tertiary/aromatic N) is 1. The molecule has 0 aromatic carbocycles. The largest absolute Gasteiger partial charge is 0.342 e. The van der Waals surface area contributed by atoms with Gasteiger partial charge in [-0.1, -0.05) is 152 Å². The SMILES string of the molecule is CCCCC/C=C\C/C=C\CCCCCCCCC(CCCCCCCC/C=C\C/C=C\CCCCC)NCCN(CC)C(C)=O. The van der Waals surface area contributed by atoms with Gasteiger partial charge in [-0.2, -0.15) is 0 Å². The van der Waals surface area contributed by atoms with E-state index in [-0.39, 0.29) is 5.91 Å². The van der Waals surface area contributed by atoms with Gasteiger partial charge in [0.2, 0.25) is 5.91 Å². The van der Waals surface area contributed by atoms with Gasteiger partial charge < -0.3 is 10.2 Å². The number of carbonyl (C=O) groups is 1. The molecule has 0 atom stereocenters. The molecule has 0 unspecified atom stereocenters. The lowest BCUT2D eigenvalue weighted by atomic mass is 9.99. The van der Waals surface area contributed by atoms with Crippen LogP contribution in [-0.4, -0.2) is 36.5 Å². The normalized spacial score (nSPS) is 12.3. The third-order valence-corrected chi connectivity index (χ3v) is 9.15. The van der Waals surface area contributed by atoms with Crippen LogP contribution in [0.1, 0.15) is 195 Å². The van der Waals surface area contributed by atoms with Gasteiger partial charge in [0.25, 0.3) is 0 Å². The molecule has 0 rings (SSSR count). The number of unbranched alkanes of at least 4 members (excludes halogenated alkanes) is 18. The second kappa shape index (κ2) is 37.8. The van der Waals surface area contributed by atoms with Gasteiger partial charge in [0.15, 0.2) is 0 Å². The molecule has 0 saturated carbocycles. The second-order valence-electron chi connectivity index (χ2n) is 13.5. The number of nitrogens with one attached hydrogen (secondary N) is 1. The fraction of sp³-hybridized carbons (Fsp3) is 0.791. The van der Waals surface area contributed by atoms with Crippen LogP contribution in [0.15, 0.2) is 48.6 Å². The molecule has 0 aromatic rings. The minimum atomic E-state index is 0.191. The van der Waals surface area contributed by atoms with Gasteiger partial charge >= 0.3 is 0 Å². The smallest absolute Gasteiger partial charge is 0.219 e. The highest BCUT2D eigenvalue weighted by molar-refractivity contribution is 5.73. The van der Waals surface area contributed by atoms with E-state index in [0.29, 0.717) is 6.04 Å². The molecule has 268 valence electrons. The van der Waals surface area contributed by atoms with Crippen molar-refractivity contribution in [1.29, 1.82) is 0 Å². The molecule has 0 aliphatic heterocycles. The minimum Gasteiger partial charge on any atom is -0.342 e. The molecule has 0 saturated heterocycles. The maximum Gasteiger partial charge on any atom is 0.219 e. The van der Waals surface area contributed by atoms with E-state index in [1.807, 2.05) is 4.90 Å². The van der Waals surface area contributed by atoms with Crippen molar-refractivity contribution >= 4 is 5.91 Å². The number of amides is 1. The predicted octanol–water partition coefficient (Wildman–Crippen LogP) is 13.2. The zero-order valence-electron chi connectivity index (χ0n) is 31.6. The molecule has 0 radical (unpaired) electrons. The average Bonchev–Trinajstić information content (AvgIpc) is 3.05. The maximum absolute atomic E-state index is 11.8. The van der Waals surface area contributed by atoms with Crippen LogP contribution in [-0.2, 0) is 4.79 Å². The monoisotopic (exact) mass is 641 g/mol. The second-order valence-corrected chi connectivity index (χ2v) is 13.5. The molecule has 0 aliphatic carbocycles. The Morgan fingerprint density at radius 3 is 1.26 bits per heavy atom. The highest BCUT2D eigenvalue weighted by Gasteiger charge is 2.10. The first-order chi connectivity index (χ1) is 22.7. The Balaban J connectivity index is 4.01. The molecule has 0 heterocycles. The Kier molecular flexibility index (Phi) is 36.5. The summed E-state index contributed by atoms with van der Waals surface area (Å²) in [5.41, 5.74) is 0. The van der Waals surface area contributed by atoms with Crippen LogP contribution in [0.25, 0.3) is 0 Å². The number of allylic oxidation sites excluding steroid dienone is 8. The fourth-order valence-electron chi connectivity index (χ4n) is 6.05. The van der Waals surface area contributed by atoms with E-state index in [4.69, 9.17) is 0 Å². The molecule has 0 aromatic heterocycles. The van der Waals surface area contributed by atoms with Gasteiger partial charge in [0.1, 0.15) is 0 Å². The van der Waals surface area contributed by atoms with Crippen LogP contribution in [0.4, 0.5) is 0 Å². The molecule has 3 heteroatoms. The van der Waals surface area contributed by atoms with Crippen molar-refractivity contribution < 1.29 is 4.79 Å². The average molecular weight is 641 g/mol. The zero-order valence-corrected chi connectivity index (χ0v) is 31.6. The minimum absolute atomic E-state index is 0.191. The first kappa shape index (κ1) is 44.4. The molecule has 0 fully saturated rings. The van der Waals surface area contributed by atoms with Crippen molar-refractivity contribution in [3.8, 4) is 0 Å². The van der Waals surface area contributed by atoms with Crippen molar-refractivity contribution in [2.45, 2.75) is 201 Å². The summed E-state index contributed by atoms with van der Waals surface area (Å²) in [4.78, 5) is 13.8. The van der Waals surface area contributed by atoms with Crippen molar-refractivity contribution in [2.24, 2.45) is 0 Å². The summed E-state index contributed by atoms with van der Waals surface area (Å²) in [5.74, 6) is 0.191. The van der Waals surface area contributed by atoms with E-state index in [1.54, 1.807) is 6.92 Å². The van der Waals surface area contributed by atoms with Crippen LogP contribution in [0.3, 0.4) is 0 Å². The van der Waals surface area contributed by atoms with Crippen molar-refractivity contribution in [1.82, 2.24) is 10.2 Å². The zero-order chi connectivity index (χ0) is 33.6. The van der Waals surface area contributed by atoms with E-state index < -0.39 is 0 Å². The molecule has 0 aliphatic rings. The predicted molar refractivity (Wildman–Crippen MR) is 208 cm³/mol. The lowest BCUT2D eigenvalue weighted by molar-refractivity contribution is -0.128. The standard InChI is InChI=1S/C43H80N2O/c1-5-8-10-12-14-16-18-20-22-24-26-28-30-32-34-36-38-43(44-40-41-45(7-3)42(4)46)39-37-35-33-31-29-27-25-23-21-19-17-15-13-11-9-6-2/h14-17,20-23,43-44H,5-13,18-19,24-41H2,1-4H3/b16-14-,17-15-,22-20-,23-21-. The van der Waals surface area contributed by atoms with Gasteiger partial charge in [-0.15, -0.1) is 0 Å². The van der Waals surface area contributed by atoms with E-state index in [9.17, 15) is 4.79 Å². The number of carbonyl (C=O) groups excluding carboxylic acids is 1. The van der Waals surface area contributed by atoms with Gasteiger partial charge in [0.05, 0.1) is 0 Å². The first-order valence-corrected chi connectivity index (χ1v) is 20.2. The maximum atomic E-state index is 11.8. The Morgan fingerprint density at radius 1 is 0.522 bits per heavy atom. The summed E-state index contributed by atoms with van der Waals surface area (Å²) in [6.45, 7) is 10.9. The van der Waals surface area contributed by atoms with Crippen LogP contribution in [0.2, 0.25) is 0 Å². The van der Waals surface area contributed by atoms with Gasteiger partial charge in [-0.05, 0) is 84.0 Å². The van der Waals surface area contributed by atoms with E-state index >= 15 is 0 Å². The third-order valence-electron chi connectivity index (χ3n) is 9.15. The van der Waals surface area contributed by atoms with Crippen LogP contribution >= 0.6 is 0 Å². The van der Waals surface area contributed by atoms with Crippen molar-refractivity contribution in [3.05, 3.63) is 48.6 Å². The Hall–Kier alpha value is -1.61. The Labute approximate surface area is 289 Å². The molecule has 0 spiro atoms.